The third-order valence-electron chi connectivity index (χ3n) is 3.50. The van der Waals surface area contributed by atoms with E-state index in [1.807, 2.05) is 0 Å². The number of hydrogen-bond donors (Lipinski definition) is 0. The second-order valence-corrected chi connectivity index (χ2v) is 5.06. The zero-order valence-electron chi connectivity index (χ0n) is 14.5. The fourth-order valence-corrected chi connectivity index (χ4v) is 2.24. The van der Waals surface area contributed by atoms with Crippen LogP contribution in [-0.2, 0) is 0 Å². The van der Waals surface area contributed by atoms with Crippen molar-refractivity contribution >= 4 is 11.9 Å². The maximum absolute atomic E-state index is 12.5. The second kappa shape index (κ2) is 8.84. The number of halogens is 2. The molecule has 0 aliphatic carbocycles. The van der Waals surface area contributed by atoms with Crippen LogP contribution in [0.3, 0.4) is 0 Å². The number of ketones is 1. The Labute approximate surface area is 149 Å². The SMILES string of the molecule is COc1ccc(C(=O)/C=C/c2ccc(OC)c(OC(F)F)c2)cc1OC. The zero-order valence-corrected chi connectivity index (χ0v) is 14.5. The zero-order chi connectivity index (χ0) is 19.1. The Balaban J connectivity index is 2.22. The highest BCUT2D eigenvalue weighted by atomic mass is 19.3. The largest absolute Gasteiger partial charge is 0.493 e. The van der Waals surface area contributed by atoms with E-state index < -0.39 is 6.61 Å². The van der Waals surface area contributed by atoms with Gasteiger partial charge in [0, 0.05) is 5.56 Å². The second-order valence-electron chi connectivity index (χ2n) is 5.06. The maximum Gasteiger partial charge on any atom is 0.387 e. The summed E-state index contributed by atoms with van der Waals surface area (Å²) in [5.41, 5.74) is 0.909. The summed E-state index contributed by atoms with van der Waals surface area (Å²) in [6.07, 6.45) is 2.83. The van der Waals surface area contributed by atoms with E-state index in [1.54, 1.807) is 24.3 Å². The highest BCUT2D eigenvalue weighted by Gasteiger charge is 2.11. The van der Waals surface area contributed by atoms with E-state index in [0.29, 0.717) is 22.6 Å². The molecule has 0 atom stereocenters. The van der Waals surface area contributed by atoms with Gasteiger partial charge in [-0.25, -0.2) is 0 Å². The molecule has 0 spiro atoms. The van der Waals surface area contributed by atoms with E-state index in [2.05, 4.69) is 4.74 Å². The molecule has 0 saturated carbocycles. The Morgan fingerprint density at radius 1 is 0.885 bits per heavy atom. The van der Waals surface area contributed by atoms with Crippen molar-refractivity contribution in [2.75, 3.05) is 21.3 Å². The smallest absolute Gasteiger partial charge is 0.387 e. The van der Waals surface area contributed by atoms with Crippen LogP contribution in [0.5, 0.6) is 23.0 Å². The first-order valence-electron chi connectivity index (χ1n) is 7.55. The first-order chi connectivity index (χ1) is 12.5. The lowest BCUT2D eigenvalue weighted by molar-refractivity contribution is -0.0512. The van der Waals surface area contributed by atoms with Gasteiger partial charge >= 0.3 is 6.61 Å². The first kappa shape index (κ1) is 19.2. The van der Waals surface area contributed by atoms with Gasteiger partial charge in [-0.2, -0.15) is 8.78 Å². The molecule has 2 aromatic carbocycles. The van der Waals surface area contributed by atoms with E-state index in [9.17, 15) is 13.6 Å². The minimum atomic E-state index is -2.98. The fraction of sp³-hybridized carbons (Fsp3) is 0.211. The average Bonchev–Trinajstić information content (AvgIpc) is 2.65. The molecule has 0 radical (unpaired) electrons. The van der Waals surface area contributed by atoms with Crippen molar-refractivity contribution in [3.8, 4) is 23.0 Å². The van der Waals surface area contributed by atoms with Crippen LogP contribution >= 0.6 is 0 Å². The van der Waals surface area contributed by atoms with E-state index in [0.717, 1.165) is 0 Å². The number of hydrogen-bond acceptors (Lipinski definition) is 5. The summed E-state index contributed by atoms with van der Waals surface area (Å²) >= 11 is 0. The minimum Gasteiger partial charge on any atom is -0.493 e. The highest BCUT2D eigenvalue weighted by Crippen LogP contribution is 2.30. The number of rotatable bonds is 8. The molecule has 0 saturated heterocycles. The number of benzene rings is 2. The molecule has 0 heterocycles. The molecule has 7 heteroatoms. The summed E-state index contributed by atoms with van der Waals surface area (Å²) in [5.74, 6) is 0.732. The Morgan fingerprint density at radius 3 is 2.12 bits per heavy atom. The lowest BCUT2D eigenvalue weighted by Crippen LogP contribution is -2.03. The number of carbonyl (C=O) groups excluding carboxylic acids is 1. The molecule has 138 valence electrons. The van der Waals surface area contributed by atoms with Crippen molar-refractivity contribution in [3.05, 3.63) is 53.6 Å². The van der Waals surface area contributed by atoms with Crippen LogP contribution in [0.4, 0.5) is 8.78 Å². The topological polar surface area (TPSA) is 54.0 Å². The van der Waals surface area contributed by atoms with Gasteiger partial charge in [0.1, 0.15) is 0 Å². The molecule has 2 rings (SSSR count). The van der Waals surface area contributed by atoms with E-state index in [1.165, 1.54) is 45.6 Å². The quantitative estimate of drug-likeness (QED) is 0.519. The first-order valence-corrected chi connectivity index (χ1v) is 7.55. The van der Waals surface area contributed by atoms with Crippen molar-refractivity contribution in [2.24, 2.45) is 0 Å². The van der Waals surface area contributed by atoms with Crippen molar-refractivity contribution < 1.29 is 32.5 Å². The van der Waals surface area contributed by atoms with Crippen molar-refractivity contribution in [1.29, 1.82) is 0 Å². The lowest BCUT2D eigenvalue weighted by atomic mass is 10.1. The molecule has 5 nitrogen and oxygen atoms in total. The van der Waals surface area contributed by atoms with Gasteiger partial charge in [-0.15, -0.1) is 0 Å². The highest BCUT2D eigenvalue weighted by molar-refractivity contribution is 6.07. The summed E-state index contributed by atoms with van der Waals surface area (Å²) in [7, 11) is 4.33. The molecule has 0 unspecified atom stereocenters. The van der Waals surface area contributed by atoms with E-state index in [4.69, 9.17) is 14.2 Å². The Kier molecular flexibility index (Phi) is 6.54. The molecular weight excluding hydrogens is 346 g/mol. The molecule has 0 N–H and O–H groups in total. The van der Waals surface area contributed by atoms with E-state index >= 15 is 0 Å². The number of allylic oxidation sites excluding steroid dienone is 1. The monoisotopic (exact) mass is 364 g/mol. The molecule has 0 aromatic heterocycles. The molecule has 0 aliphatic heterocycles. The predicted molar refractivity (Wildman–Crippen MR) is 92.5 cm³/mol. The van der Waals surface area contributed by atoms with Gasteiger partial charge in [0.05, 0.1) is 21.3 Å². The summed E-state index contributed by atoms with van der Waals surface area (Å²) in [6.45, 7) is -2.98. The van der Waals surface area contributed by atoms with Gasteiger partial charge in [0.2, 0.25) is 0 Å². The third kappa shape index (κ3) is 4.72. The minimum absolute atomic E-state index is 0.108. The predicted octanol–water partition coefficient (Wildman–Crippen LogP) is 4.21. The summed E-state index contributed by atoms with van der Waals surface area (Å²) < 4.78 is 44.6. The third-order valence-corrected chi connectivity index (χ3v) is 3.50. The van der Waals surface area contributed by atoms with Crippen LogP contribution in [-0.4, -0.2) is 33.7 Å². The number of ether oxygens (including phenoxy) is 4. The summed E-state index contributed by atoms with van der Waals surface area (Å²) in [5, 5.41) is 0. The number of methoxy groups -OCH3 is 3. The van der Waals surface area contributed by atoms with Crippen LogP contribution < -0.4 is 18.9 Å². The van der Waals surface area contributed by atoms with Gasteiger partial charge in [-0.05, 0) is 42.0 Å². The molecule has 0 bridgehead atoms. The summed E-state index contributed by atoms with van der Waals surface area (Å²) in [4.78, 5) is 12.3. The maximum atomic E-state index is 12.5. The molecule has 0 fully saturated rings. The fourth-order valence-electron chi connectivity index (χ4n) is 2.24. The standard InChI is InChI=1S/C19H18F2O5/c1-23-15-9-6-13(11-17(15)25-3)14(22)7-4-12-5-8-16(24-2)18(10-12)26-19(20)21/h4-11,19H,1-3H3/b7-4+. The van der Waals surface area contributed by atoms with Crippen LogP contribution in [0.1, 0.15) is 15.9 Å². The molecule has 0 aliphatic rings. The average molecular weight is 364 g/mol. The van der Waals surface area contributed by atoms with Crippen LogP contribution in [0.2, 0.25) is 0 Å². The van der Waals surface area contributed by atoms with Crippen molar-refractivity contribution in [3.63, 3.8) is 0 Å². The van der Waals surface area contributed by atoms with Crippen molar-refractivity contribution in [1.82, 2.24) is 0 Å². The van der Waals surface area contributed by atoms with Gasteiger partial charge in [0.15, 0.2) is 28.8 Å². The number of carbonyl (C=O) groups is 1. The molecular formula is C19H18F2O5. The molecule has 26 heavy (non-hydrogen) atoms. The Hall–Kier alpha value is -3.09. The van der Waals surface area contributed by atoms with Crippen LogP contribution in [0.25, 0.3) is 6.08 Å². The van der Waals surface area contributed by atoms with Gasteiger partial charge in [0.25, 0.3) is 0 Å². The van der Waals surface area contributed by atoms with Gasteiger partial charge in [-0.1, -0.05) is 12.1 Å². The summed E-state index contributed by atoms with van der Waals surface area (Å²) in [6, 6.07) is 9.26. The van der Waals surface area contributed by atoms with Crippen molar-refractivity contribution in [2.45, 2.75) is 6.61 Å². The Bertz CT molecular complexity index is 803. The normalized spacial score (nSPS) is 10.8. The molecule has 0 amide bonds. The lowest BCUT2D eigenvalue weighted by Gasteiger charge is -2.10. The van der Waals surface area contributed by atoms with E-state index in [-0.39, 0.29) is 17.3 Å². The Morgan fingerprint density at radius 2 is 1.50 bits per heavy atom. The van der Waals surface area contributed by atoms with Crippen LogP contribution in [0.15, 0.2) is 42.5 Å². The van der Waals surface area contributed by atoms with Gasteiger partial charge < -0.3 is 18.9 Å². The van der Waals surface area contributed by atoms with Gasteiger partial charge in [-0.3, -0.25) is 4.79 Å². The number of alkyl halides is 2. The van der Waals surface area contributed by atoms with Crippen LogP contribution in [0, 0.1) is 0 Å². The molecule has 2 aromatic rings.